The van der Waals surface area contributed by atoms with Gasteiger partial charge in [0.05, 0.1) is 5.69 Å². The molecule has 1 atom stereocenters. The number of carbonyl (C=O) groups is 2. The number of carbonyl (C=O) groups excluding carboxylic acids is 1. The van der Waals surface area contributed by atoms with Crippen molar-refractivity contribution in [3.63, 3.8) is 0 Å². The normalized spacial score (nSPS) is 12.0. The Kier molecular flexibility index (Phi) is 6.92. The molecule has 4 rings (SSSR count). The molecule has 2 aromatic carbocycles. The van der Waals surface area contributed by atoms with Gasteiger partial charge >= 0.3 is 11.9 Å². The van der Waals surface area contributed by atoms with Crippen LogP contribution in [0.1, 0.15) is 39.8 Å². The lowest BCUT2D eigenvalue weighted by Gasteiger charge is -2.13. The Labute approximate surface area is 201 Å². The van der Waals surface area contributed by atoms with Gasteiger partial charge < -0.3 is 19.5 Å². The van der Waals surface area contributed by atoms with Gasteiger partial charge in [0.15, 0.2) is 6.61 Å². The number of nitrogens with two attached hydrogens (primary N) is 1. The molecule has 35 heavy (non-hydrogen) atoms. The summed E-state index contributed by atoms with van der Waals surface area (Å²) in [4.78, 5) is 28.3. The Morgan fingerprint density at radius 3 is 2.37 bits per heavy atom. The van der Waals surface area contributed by atoms with Crippen LogP contribution < -0.4 is 15.8 Å². The molecule has 0 aliphatic carbocycles. The van der Waals surface area contributed by atoms with Crippen molar-refractivity contribution in [3.8, 4) is 17.0 Å². The number of nitrogens with one attached hydrogen (secondary N) is 1. The molecule has 180 valence electrons. The minimum Gasteiger partial charge on any atom is -0.606 e. The van der Waals surface area contributed by atoms with Crippen LogP contribution in [0, 0.1) is 12.1 Å². The number of quaternary nitrogens is 1. The van der Waals surface area contributed by atoms with E-state index in [9.17, 15) is 14.8 Å². The molecule has 2 aromatic heterocycles. The first kappa shape index (κ1) is 24.1. The van der Waals surface area contributed by atoms with Gasteiger partial charge in [-0.15, -0.1) is 0 Å². The number of benzene rings is 2. The smallest absolute Gasteiger partial charge is 0.365 e. The molecule has 1 amide bonds. The first-order valence-electron chi connectivity index (χ1n) is 11.2. The van der Waals surface area contributed by atoms with Crippen LogP contribution in [0.3, 0.4) is 0 Å². The van der Waals surface area contributed by atoms with E-state index < -0.39 is 23.7 Å². The largest absolute Gasteiger partial charge is 0.606 e. The molecule has 0 aliphatic heterocycles. The van der Waals surface area contributed by atoms with Gasteiger partial charge in [-0.3, -0.25) is 0 Å². The zero-order valence-corrected chi connectivity index (χ0v) is 19.4. The summed E-state index contributed by atoms with van der Waals surface area (Å²) in [6, 6.07) is 18.1. The summed E-state index contributed by atoms with van der Waals surface area (Å²) < 4.78 is 7.19. The fourth-order valence-corrected chi connectivity index (χ4v) is 4.28. The number of carboxylic acid groups (broad SMARTS) is 1. The summed E-state index contributed by atoms with van der Waals surface area (Å²) >= 11 is 0. The number of amides is 1. The van der Waals surface area contributed by atoms with E-state index in [4.69, 9.17) is 15.7 Å². The standard InChI is InChI=1S/C26H26N4O5/c1-3-20-21(13-17-9-11-19(12-10-17)18-7-5-4-6-8-18)29-14-16(2)28-25(35-15-22(31)32)24(29)23(20)26(33)30(27)34/h4-12,14,30H,3,13,15,27H2,1-2H3,(H,31,32). The van der Waals surface area contributed by atoms with Gasteiger partial charge in [0.25, 0.3) is 0 Å². The number of fused-ring (bicyclic) bond motifs is 1. The highest BCUT2D eigenvalue weighted by atomic mass is 16.5. The third kappa shape index (κ3) is 4.92. The molecule has 2 heterocycles. The highest BCUT2D eigenvalue weighted by Gasteiger charge is 2.29. The predicted molar refractivity (Wildman–Crippen MR) is 130 cm³/mol. The fourth-order valence-electron chi connectivity index (χ4n) is 4.28. The molecule has 0 saturated heterocycles. The molecule has 0 radical (unpaired) electrons. The second-order valence-electron chi connectivity index (χ2n) is 8.18. The Morgan fingerprint density at radius 1 is 1.11 bits per heavy atom. The number of nitrogen functional groups attached to an aromatic ring is 1. The number of ether oxygens (including phenoxy) is 1. The van der Waals surface area contributed by atoms with Crippen molar-refractivity contribution in [2.45, 2.75) is 26.7 Å². The summed E-state index contributed by atoms with van der Waals surface area (Å²) in [6.45, 7) is 2.98. The van der Waals surface area contributed by atoms with Gasteiger partial charge in [-0.2, -0.15) is 5.84 Å². The Morgan fingerprint density at radius 2 is 1.77 bits per heavy atom. The van der Waals surface area contributed by atoms with Crippen molar-refractivity contribution in [3.05, 3.63) is 94.1 Å². The third-order valence-corrected chi connectivity index (χ3v) is 5.78. The van der Waals surface area contributed by atoms with E-state index in [0.717, 1.165) is 22.4 Å². The molecule has 0 bridgehead atoms. The maximum atomic E-state index is 12.9. The molecular weight excluding hydrogens is 448 g/mol. The highest BCUT2D eigenvalue weighted by molar-refractivity contribution is 6.00. The summed E-state index contributed by atoms with van der Waals surface area (Å²) in [6.07, 6.45) is 2.66. The van der Waals surface area contributed by atoms with E-state index in [2.05, 4.69) is 4.98 Å². The van der Waals surface area contributed by atoms with Gasteiger partial charge in [0, 0.05) is 18.3 Å². The van der Waals surface area contributed by atoms with Crippen LogP contribution in [0.25, 0.3) is 16.6 Å². The van der Waals surface area contributed by atoms with Crippen LogP contribution in [0.5, 0.6) is 5.88 Å². The molecule has 0 spiro atoms. The van der Waals surface area contributed by atoms with Gasteiger partial charge in [-0.25, -0.2) is 19.7 Å². The number of aryl methyl sites for hydroxylation is 1. The number of hydroxylamine groups is 1. The third-order valence-electron chi connectivity index (χ3n) is 5.78. The molecule has 4 N–H and O–H groups in total. The second-order valence-corrected chi connectivity index (χ2v) is 8.18. The van der Waals surface area contributed by atoms with Crippen LogP contribution >= 0.6 is 0 Å². The zero-order chi connectivity index (χ0) is 25.1. The number of nitrogens with zero attached hydrogens (tertiary/aromatic N) is 2. The maximum Gasteiger partial charge on any atom is 0.365 e. The van der Waals surface area contributed by atoms with E-state index in [1.54, 1.807) is 17.5 Å². The van der Waals surface area contributed by atoms with Crippen molar-refractivity contribution in [2.24, 2.45) is 5.84 Å². The van der Waals surface area contributed by atoms with Gasteiger partial charge in [0.2, 0.25) is 5.88 Å². The average Bonchev–Trinajstić information content (AvgIpc) is 3.15. The number of carboxylic acids is 1. The van der Waals surface area contributed by atoms with Crippen LogP contribution in [0.4, 0.5) is 0 Å². The molecule has 0 saturated carbocycles. The molecule has 9 heteroatoms. The number of aromatic nitrogens is 2. The van der Waals surface area contributed by atoms with Gasteiger partial charge in [-0.05, 0) is 35.6 Å². The first-order chi connectivity index (χ1) is 16.8. The Balaban J connectivity index is 1.85. The maximum absolute atomic E-state index is 12.9. The van der Waals surface area contributed by atoms with E-state index in [1.807, 2.05) is 61.5 Å². The fraction of sp³-hybridized carbons (Fsp3) is 0.192. The van der Waals surface area contributed by atoms with Gasteiger partial charge in [-0.1, -0.05) is 61.5 Å². The first-order valence-corrected chi connectivity index (χ1v) is 11.2. The molecule has 0 fully saturated rings. The Bertz CT molecular complexity index is 1380. The summed E-state index contributed by atoms with van der Waals surface area (Å²) in [7, 11) is 0. The summed E-state index contributed by atoms with van der Waals surface area (Å²) in [5, 5.41) is 19.9. The van der Waals surface area contributed by atoms with Crippen LogP contribution in [0.15, 0.2) is 60.8 Å². The second kappa shape index (κ2) is 10.1. The summed E-state index contributed by atoms with van der Waals surface area (Å²) in [5.74, 6) is 3.29. The van der Waals surface area contributed by atoms with Crippen LogP contribution in [0.2, 0.25) is 0 Å². The number of rotatable bonds is 8. The lowest BCUT2D eigenvalue weighted by Crippen LogP contribution is -3.15. The lowest BCUT2D eigenvalue weighted by molar-refractivity contribution is -0.770. The number of hydrogen-bond donors (Lipinski definition) is 3. The lowest BCUT2D eigenvalue weighted by atomic mass is 9.99. The van der Waals surface area contributed by atoms with E-state index >= 15 is 0 Å². The topological polar surface area (TPSA) is 134 Å². The van der Waals surface area contributed by atoms with Crippen molar-refractivity contribution in [1.82, 2.24) is 9.38 Å². The Hall–Kier alpha value is -4.05. The van der Waals surface area contributed by atoms with Crippen molar-refractivity contribution >= 4 is 17.4 Å². The minimum absolute atomic E-state index is 0.0302. The SMILES string of the molecule is CCc1c(C(=O)[NH+](N)[O-])c2c(OCC(=O)O)nc(C)cn2c1Cc1ccc(-c2ccccc2)cc1. The van der Waals surface area contributed by atoms with E-state index in [-0.39, 0.29) is 17.0 Å². The summed E-state index contributed by atoms with van der Waals surface area (Å²) in [5.41, 5.74) is 5.53. The number of aliphatic carboxylic acids is 1. The average molecular weight is 475 g/mol. The van der Waals surface area contributed by atoms with Crippen LogP contribution in [-0.2, 0) is 17.6 Å². The van der Waals surface area contributed by atoms with E-state index in [0.29, 0.717) is 24.1 Å². The van der Waals surface area contributed by atoms with E-state index in [1.165, 1.54) is 0 Å². The zero-order valence-electron chi connectivity index (χ0n) is 19.4. The van der Waals surface area contributed by atoms with Gasteiger partial charge in [0.1, 0.15) is 11.1 Å². The van der Waals surface area contributed by atoms with Crippen molar-refractivity contribution < 1.29 is 24.6 Å². The molecule has 1 unspecified atom stereocenters. The quantitative estimate of drug-likeness (QED) is 0.203. The molecule has 0 aliphatic rings. The molecule has 4 aromatic rings. The van der Waals surface area contributed by atoms with Crippen molar-refractivity contribution in [2.75, 3.05) is 6.61 Å². The van der Waals surface area contributed by atoms with Crippen LogP contribution in [-0.4, -0.2) is 33.0 Å². The highest BCUT2D eigenvalue weighted by Crippen LogP contribution is 2.32. The molecule has 9 nitrogen and oxygen atoms in total. The monoisotopic (exact) mass is 474 g/mol. The number of hydrogen-bond acceptors (Lipinski definition) is 6. The minimum atomic E-state index is -1.18. The van der Waals surface area contributed by atoms with Crippen molar-refractivity contribution in [1.29, 1.82) is 0 Å². The predicted octanol–water partition coefficient (Wildman–Crippen LogP) is 2.32. The molecular formula is C26H26N4O5.